The average Bonchev–Trinajstić information content (AvgIpc) is 3.24. The van der Waals surface area contributed by atoms with Crippen LogP contribution in [0.4, 0.5) is 8.78 Å². The molecule has 1 aliphatic carbocycles. The van der Waals surface area contributed by atoms with Crippen LogP contribution in [-0.2, 0) is 10.7 Å². The van der Waals surface area contributed by atoms with Gasteiger partial charge in [0.2, 0.25) is 0 Å². The van der Waals surface area contributed by atoms with Gasteiger partial charge in [0.05, 0.1) is 18.8 Å². The second kappa shape index (κ2) is 5.02. The molecule has 2 heterocycles. The first kappa shape index (κ1) is 14.4. The van der Waals surface area contributed by atoms with Crippen LogP contribution < -0.4 is 0 Å². The maximum Gasteiger partial charge on any atom is 0.286 e. The number of rotatable bonds is 2. The molecule has 1 saturated heterocycles. The molecule has 0 bridgehead atoms. The van der Waals surface area contributed by atoms with Gasteiger partial charge in [-0.1, -0.05) is 0 Å². The Morgan fingerprint density at radius 3 is 2.76 bits per heavy atom. The monoisotopic (exact) mass is 296 g/mol. The van der Waals surface area contributed by atoms with E-state index in [4.69, 9.17) is 4.74 Å². The van der Waals surface area contributed by atoms with Crippen molar-refractivity contribution in [3.63, 3.8) is 0 Å². The zero-order valence-electron chi connectivity index (χ0n) is 11.9. The van der Waals surface area contributed by atoms with Crippen LogP contribution in [0.15, 0.2) is 18.3 Å². The lowest BCUT2D eigenvalue weighted by molar-refractivity contribution is 0.0127. The first-order valence-electron chi connectivity index (χ1n) is 7.11. The highest BCUT2D eigenvalue weighted by molar-refractivity contribution is 5.94. The summed E-state index contributed by atoms with van der Waals surface area (Å²) in [4.78, 5) is 17.9. The molecule has 0 unspecified atom stereocenters. The molecule has 1 spiro atoms. The fraction of sp³-hybridized carbons (Fsp3) is 0.600. The molecule has 114 valence electrons. The molecule has 0 N–H and O–H groups in total. The highest BCUT2D eigenvalue weighted by Gasteiger charge is 2.46. The van der Waals surface area contributed by atoms with E-state index in [0.717, 1.165) is 19.8 Å². The quantitative estimate of drug-likeness (QED) is 0.842. The molecular weight excluding hydrogens is 278 g/mol. The number of amides is 1. The number of hydrogen-bond acceptors (Lipinski definition) is 3. The summed E-state index contributed by atoms with van der Waals surface area (Å²) in [5.41, 5.74) is 0.147. The normalized spacial score (nSPS) is 21.2. The van der Waals surface area contributed by atoms with Gasteiger partial charge in [0.25, 0.3) is 11.8 Å². The Labute approximate surface area is 122 Å². The minimum atomic E-state index is -2.99. The van der Waals surface area contributed by atoms with E-state index >= 15 is 0 Å². The van der Waals surface area contributed by atoms with Crippen LogP contribution in [0.2, 0.25) is 0 Å². The second-order valence-corrected chi connectivity index (χ2v) is 6.10. The maximum absolute atomic E-state index is 13.1. The van der Waals surface area contributed by atoms with E-state index in [-0.39, 0.29) is 17.0 Å². The lowest BCUT2D eigenvalue weighted by Crippen LogP contribution is -2.36. The zero-order chi connectivity index (χ0) is 15.1. The van der Waals surface area contributed by atoms with Gasteiger partial charge in [-0.2, -0.15) is 8.78 Å². The van der Waals surface area contributed by atoms with Gasteiger partial charge in [-0.15, -0.1) is 0 Å². The number of alkyl halides is 2. The maximum atomic E-state index is 13.1. The first-order chi connectivity index (χ1) is 9.90. The van der Waals surface area contributed by atoms with Gasteiger partial charge in [0.1, 0.15) is 5.69 Å². The van der Waals surface area contributed by atoms with Crippen molar-refractivity contribution in [2.24, 2.45) is 5.41 Å². The number of hydrogen-bond donors (Lipinski definition) is 0. The van der Waals surface area contributed by atoms with Crippen molar-refractivity contribution >= 4 is 5.91 Å². The topological polar surface area (TPSA) is 42.4 Å². The number of carbonyl (C=O) groups is 1. The summed E-state index contributed by atoms with van der Waals surface area (Å²) in [6.45, 7) is 3.23. The molecule has 1 aliphatic heterocycles. The van der Waals surface area contributed by atoms with Crippen LogP contribution in [0.1, 0.15) is 35.8 Å². The average molecular weight is 296 g/mol. The molecule has 0 atom stereocenters. The van der Waals surface area contributed by atoms with E-state index in [9.17, 15) is 13.6 Å². The van der Waals surface area contributed by atoms with Crippen molar-refractivity contribution in [1.82, 2.24) is 9.88 Å². The molecule has 2 fully saturated rings. The van der Waals surface area contributed by atoms with Crippen LogP contribution in [0.5, 0.6) is 0 Å². The molecule has 1 aromatic heterocycles. The summed E-state index contributed by atoms with van der Waals surface area (Å²) >= 11 is 0. The van der Waals surface area contributed by atoms with Gasteiger partial charge in [0.15, 0.2) is 0 Å². The highest BCUT2D eigenvalue weighted by Crippen LogP contribution is 2.47. The molecule has 0 aromatic carbocycles. The van der Waals surface area contributed by atoms with Crippen LogP contribution in [0, 0.1) is 5.41 Å². The molecule has 1 aromatic rings. The second-order valence-electron chi connectivity index (χ2n) is 6.10. The predicted octanol–water partition coefficient (Wildman–Crippen LogP) is 2.45. The highest BCUT2D eigenvalue weighted by atomic mass is 19.3. The van der Waals surface area contributed by atoms with Crippen molar-refractivity contribution in [2.45, 2.75) is 25.7 Å². The van der Waals surface area contributed by atoms with Crippen LogP contribution in [0.3, 0.4) is 0 Å². The van der Waals surface area contributed by atoms with Crippen molar-refractivity contribution in [3.05, 3.63) is 29.6 Å². The Kier molecular flexibility index (Phi) is 3.43. The van der Waals surface area contributed by atoms with E-state index in [1.54, 1.807) is 4.90 Å². The largest absolute Gasteiger partial charge is 0.379 e. The molecular formula is C15H18F2N2O2. The summed E-state index contributed by atoms with van der Waals surface area (Å²) in [6.07, 6.45) is 3.40. The predicted molar refractivity (Wildman–Crippen MR) is 72.2 cm³/mol. The Morgan fingerprint density at radius 1 is 1.43 bits per heavy atom. The van der Waals surface area contributed by atoms with Crippen molar-refractivity contribution in [1.29, 1.82) is 0 Å². The van der Waals surface area contributed by atoms with Crippen molar-refractivity contribution in [2.75, 3.05) is 26.3 Å². The summed E-state index contributed by atoms with van der Waals surface area (Å²) in [7, 11) is 0. The number of nitrogens with zero attached hydrogens (tertiary/aromatic N) is 2. The molecule has 6 heteroatoms. The fourth-order valence-electron chi connectivity index (χ4n) is 2.61. The van der Waals surface area contributed by atoms with Crippen LogP contribution in [0.25, 0.3) is 0 Å². The smallest absolute Gasteiger partial charge is 0.286 e. The van der Waals surface area contributed by atoms with Gasteiger partial charge >= 0.3 is 0 Å². The molecule has 1 saturated carbocycles. The van der Waals surface area contributed by atoms with Gasteiger partial charge in [0, 0.05) is 31.6 Å². The third kappa shape index (κ3) is 3.05. The summed E-state index contributed by atoms with van der Waals surface area (Å²) in [5.74, 6) is -3.15. The third-order valence-corrected chi connectivity index (χ3v) is 4.14. The minimum absolute atomic E-state index is 0.121. The number of ether oxygens (including phenoxy) is 1. The Morgan fingerprint density at radius 2 is 2.19 bits per heavy atom. The SMILES string of the molecule is CC(F)(F)c1ccc(C(=O)N2CCOCC3(CC3)C2)cn1. The number of pyridine rings is 1. The lowest BCUT2D eigenvalue weighted by atomic mass is 10.1. The first-order valence-corrected chi connectivity index (χ1v) is 7.11. The van der Waals surface area contributed by atoms with Gasteiger partial charge in [-0.25, -0.2) is 0 Å². The standard InChI is InChI=1S/C15H18F2N2O2/c1-14(16,17)12-3-2-11(8-18-12)13(20)19-6-7-21-10-15(9-19)4-5-15/h2-3,8H,4-7,9-10H2,1H3. The number of halogens is 2. The Balaban J connectivity index is 1.75. The number of aromatic nitrogens is 1. The van der Waals surface area contributed by atoms with Crippen molar-refractivity contribution in [3.8, 4) is 0 Å². The van der Waals surface area contributed by atoms with Crippen LogP contribution in [-0.4, -0.2) is 42.1 Å². The Hall–Kier alpha value is -1.56. The molecule has 21 heavy (non-hydrogen) atoms. The summed E-state index contributed by atoms with van der Waals surface area (Å²) in [5, 5.41) is 0. The van der Waals surface area contributed by atoms with E-state index in [1.807, 2.05) is 0 Å². The molecule has 4 nitrogen and oxygen atoms in total. The van der Waals surface area contributed by atoms with Crippen LogP contribution >= 0.6 is 0 Å². The minimum Gasteiger partial charge on any atom is -0.379 e. The molecule has 2 aliphatic rings. The zero-order valence-corrected chi connectivity index (χ0v) is 11.9. The summed E-state index contributed by atoms with van der Waals surface area (Å²) < 4.78 is 31.8. The van der Waals surface area contributed by atoms with Gasteiger partial charge < -0.3 is 9.64 Å². The molecule has 1 amide bonds. The Bertz CT molecular complexity index is 536. The molecule has 3 rings (SSSR count). The molecule has 0 radical (unpaired) electrons. The third-order valence-electron chi connectivity index (χ3n) is 4.14. The van der Waals surface area contributed by atoms with E-state index < -0.39 is 5.92 Å². The van der Waals surface area contributed by atoms with E-state index in [1.165, 1.54) is 18.3 Å². The van der Waals surface area contributed by atoms with E-state index in [2.05, 4.69) is 4.98 Å². The number of carbonyl (C=O) groups excluding carboxylic acids is 1. The van der Waals surface area contributed by atoms with E-state index in [0.29, 0.717) is 31.9 Å². The lowest BCUT2D eigenvalue weighted by Gasteiger charge is -2.23. The summed E-state index contributed by atoms with van der Waals surface area (Å²) in [6, 6.07) is 2.64. The van der Waals surface area contributed by atoms with Gasteiger partial charge in [-0.05, 0) is 25.0 Å². The van der Waals surface area contributed by atoms with Crippen molar-refractivity contribution < 1.29 is 18.3 Å². The van der Waals surface area contributed by atoms with Gasteiger partial charge in [-0.3, -0.25) is 9.78 Å². The fourth-order valence-corrected chi connectivity index (χ4v) is 2.61.